The van der Waals surface area contributed by atoms with Crippen LogP contribution in [0.4, 0.5) is 0 Å². The minimum atomic E-state index is 0.526. The molecular weight excluding hydrogens is 280 g/mol. The zero-order valence-corrected chi connectivity index (χ0v) is 14.5. The van der Waals surface area contributed by atoms with Crippen LogP contribution >= 0.6 is 0 Å². The van der Waals surface area contributed by atoms with Gasteiger partial charge in [-0.3, -0.25) is 0 Å². The first-order valence-corrected chi connectivity index (χ1v) is 9.14. The minimum Gasteiger partial charge on any atom is -0.315 e. The molecule has 0 N–H and O–H groups in total. The van der Waals surface area contributed by atoms with Crippen LogP contribution in [-0.2, 0) is 19.9 Å². The number of hydrogen-bond acceptors (Lipinski definition) is 4. The van der Waals surface area contributed by atoms with E-state index in [-0.39, 0.29) is 0 Å². The predicted molar refractivity (Wildman–Crippen MR) is 89.7 cm³/mol. The third-order valence-electron chi connectivity index (χ3n) is 3.76. The Labute approximate surface area is 136 Å². The summed E-state index contributed by atoms with van der Waals surface area (Å²) < 4.78 is 0. The molecule has 0 aromatic carbocycles. The smallest absolute Gasteiger partial charge is 0.125 e. The van der Waals surface area contributed by atoms with Crippen LogP contribution in [0.2, 0.25) is 0 Å². The first-order valence-electron chi connectivity index (χ1n) is 9.14. The highest BCUT2D eigenvalue weighted by Gasteiger charge is 1.95. The van der Waals surface area contributed by atoms with Gasteiger partial charge in [-0.15, -0.1) is 0 Å². The quantitative estimate of drug-likeness (QED) is 0.119. The molecule has 0 spiro atoms. The van der Waals surface area contributed by atoms with Gasteiger partial charge in [-0.05, 0) is 11.5 Å². The maximum Gasteiger partial charge on any atom is 0.125 e. The average Bonchev–Trinajstić information content (AvgIpc) is 2.54. The van der Waals surface area contributed by atoms with Crippen molar-refractivity contribution in [2.75, 3.05) is 6.61 Å². The third kappa shape index (κ3) is 19.4. The predicted octanol–water partition coefficient (Wildman–Crippen LogP) is 6.42. The van der Waals surface area contributed by atoms with Gasteiger partial charge < -0.3 is 4.89 Å². The van der Waals surface area contributed by atoms with Crippen molar-refractivity contribution in [2.45, 2.75) is 96.8 Å². The summed E-state index contributed by atoms with van der Waals surface area (Å²) in [6.45, 7) is 6.09. The molecule has 0 aromatic rings. The van der Waals surface area contributed by atoms with Crippen molar-refractivity contribution in [3.8, 4) is 0 Å². The van der Waals surface area contributed by atoms with Crippen molar-refractivity contribution in [3.05, 3.63) is 12.8 Å². The maximum atomic E-state index is 4.75. The van der Waals surface area contributed by atoms with Gasteiger partial charge in [0.25, 0.3) is 0 Å². The Balaban J connectivity index is 2.92. The molecule has 4 heteroatoms. The summed E-state index contributed by atoms with van der Waals surface area (Å²) in [6.07, 6.45) is 19.9. The van der Waals surface area contributed by atoms with Crippen LogP contribution in [0.15, 0.2) is 12.8 Å². The second kappa shape index (κ2) is 20.4. The van der Waals surface area contributed by atoms with E-state index >= 15 is 0 Å². The molecule has 0 bridgehead atoms. The summed E-state index contributed by atoms with van der Waals surface area (Å²) in [4.78, 5) is 9.02. The second-order valence-corrected chi connectivity index (χ2v) is 5.82. The summed E-state index contributed by atoms with van der Waals surface area (Å²) >= 11 is 0. The Morgan fingerprint density at radius 3 is 1.55 bits per heavy atom. The Bertz CT molecular complexity index is 209. The lowest BCUT2D eigenvalue weighted by Crippen LogP contribution is -1.97. The summed E-state index contributed by atoms with van der Waals surface area (Å²) in [5.41, 5.74) is 0. The fraction of sp³-hybridized carbons (Fsp3) is 0.889. The van der Waals surface area contributed by atoms with E-state index < -0.39 is 0 Å². The largest absolute Gasteiger partial charge is 0.315 e. The van der Waals surface area contributed by atoms with Crippen LogP contribution in [0, 0.1) is 0 Å². The van der Waals surface area contributed by atoms with Gasteiger partial charge in [0.1, 0.15) is 6.26 Å². The van der Waals surface area contributed by atoms with Gasteiger partial charge in [0.05, 0.1) is 6.61 Å². The van der Waals surface area contributed by atoms with Gasteiger partial charge in [-0.25, -0.2) is 4.89 Å². The molecule has 0 atom stereocenters. The van der Waals surface area contributed by atoms with E-state index in [0.29, 0.717) is 6.61 Å². The van der Waals surface area contributed by atoms with E-state index in [2.05, 4.69) is 28.5 Å². The van der Waals surface area contributed by atoms with E-state index in [1.54, 1.807) is 0 Å². The summed E-state index contributed by atoms with van der Waals surface area (Å²) in [5.74, 6) is 0. The zero-order valence-electron chi connectivity index (χ0n) is 14.5. The number of unbranched alkanes of at least 4 members (excludes halogenated alkanes) is 13. The molecule has 0 aliphatic rings. The van der Waals surface area contributed by atoms with Gasteiger partial charge in [0.2, 0.25) is 0 Å². The first-order chi connectivity index (χ1) is 10.9. The van der Waals surface area contributed by atoms with Crippen molar-refractivity contribution in [2.24, 2.45) is 0 Å². The van der Waals surface area contributed by atoms with Gasteiger partial charge >= 0.3 is 0 Å². The van der Waals surface area contributed by atoms with E-state index in [4.69, 9.17) is 4.89 Å². The molecule has 132 valence electrons. The molecule has 22 heavy (non-hydrogen) atoms. The fourth-order valence-electron chi connectivity index (χ4n) is 2.45. The molecule has 0 aliphatic carbocycles. The molecule has 0 rings (SSSR count). The van der Waals surface area contributed by atoms with Crippen LogP contribution in [-0.4, -0.2) is 6.61 Å². The normalized spacial score (nSPS) is 10.8. The van der Waals surface area contributed by atoms with Crippen LogP contribution in [0.25, 0.3) is 0 Å². The van der Waals surface area contributed by atoms with Crippen LogP contribution in [0.3, 0.4) is 0 Å². The lowest BCUT2D eigenvalue weighted by molar-refractivity contribution is -0.621. The molecule has 0 aliphatic heterocycles. The summed E-state index contributed by atoms with van der Waals surface area (Å²) in [6, 6.07) is 0. The maximum absolute atomic E-state index is 4.75. The minimum absolute atomic E-state index is 0.526. The highest BCUT2D eigenvalue weighted by molar-refractivity contribution is 4.49. The van der Waals surface area contributed by atoms with Crippen molar-refractivity contribution < 1.29 is 19.9 Å². The Hall–Kier alpha value is -0.580. The Morgan fingerprint density at radius 2 is 1.09 bits per heavy atom. The molecule has 0 saturated heterocycles. The van der Waals surface area contributed by atoms with Crippen LogP contribution < -0.4 is 0 Å². The van der Waals surface area contributed by atoms with Crippen molar-refractivity contribution >= 4 is 0 Å². The lowest BCUT2D eigenvalue weighted by Gasteiger charge is -2.03. The topological polar surface area (TPSA) is 36.9 Å². The highest BCUT2D eigenvalue weighted by atomic mass is 17.7. The van der Waals surface area contributed by atoms with E-state index in [1.165, 1.54) is 83.5 Å². The van der Waals surface area contributed by atoms with E-state index in [9.17, 15) is 0 Å². The van der Waals surface area contributed by atoms with Gasteiger partial charge in [-0.2, -0.15) is 0 Å². The molecule has 0 saturated carbocycles. The van der Waals surface area contributed by atoms with Gasteiger partial charge in [-0.1, -0.05) is 97.0 Å². The Kier molecular flexibility index (Phi) is 19.9. The van der Waals surface area contributed by atoms with Crippen molar-refractivity contribution in [1.82, 2.24) is 0 Å². The molecule has 0 unspecified atom stereocenters. The summed E-state index contributed by atoms with van der Waals surface area (Å²) in [7, 11) is 0. The molecule has 0 amide bonds. The molecular formula is C18H36O4. The SMILES string of the molecule is C=COOOOCCCCCCCCCCCCCCCC. The second-order valence-electron chi connectivity index (χ2n) is 5.82. The van der Waals surface area contributed by atoms with Crippen molar-refractivity contribution in [1.29, 1.82) is 0 Å². The van der Waals surface area contributed by atoms with Gasteiger partial charge in [0, 0.05) is 5.04 Å². The number of rotatable bonds is 19. The first kappa shape index (κ1) is 21.4. The molecule has 0 aromatic heterocycles. The van der Waals surface area contributed by atoms with E-state index in [1.807, 2.05) is 0 Å². The summed E-state index contributed by atoms with van der Waals surface area (Å²) in [5, 5.41) is 8.46. The highest BCUT2D eigenvalue weighted by Crippen LogP contribution is 2.12. The van der Waals surface area contributed by atoms with Crippen LogP contribution in [0.1, 0.15) is 96.8 Å². The average molecular weight is 316 g/mol. The standard InChI is InChI=1S/C18H36O4/c1-3-5-6-7-8-9-10-11-12-13-14-15-16-17-18-20-22-21-19-4-2/h4H,2-3,5-18H2,1H3. The molecule has 0 radical (unpaired) electrons. The third-order valence-corrected chi connectivity index (χ3v) is 3.76. The lowest BCUT2D eigenvalue weighted by atomic mass is 10.0. The monoisotopic (exact) mass is 316 g/mol. The number of hydrogen-bond donors (Lipinski definition) is 0. The van der Waals surface area contributed by atoms with Crippen molar-refractivity contribution in [3.63, 3.8) is 0 Å². The Morgan fingerprint density at radius 1 is 0.636 bits per heavy atom. The van der Waals surface area contributed by atoms with Gasteiger partial charge in [0.15, 0.2) is 0 Å². The zero-order chi connectivity index (χ0) is 16.1. The van der Waals surface area contributed by atoms with E-state index in [0.717, 1.165) is 12.7 Å². The van der Waals surface area contributed by atoms with Crippen LogP contribution in [0.5, 0.6) is 0 Å². The molecule has 0 fully saturated rings. The molecule has 0 heterocycles. The molecule has 4 nitrogen and oxygen atoms in total. The fourth-order valence-corrected chi connectivity index (χ4v) is 2.45.